The molecule has 3 rings (SSSR count). The van der Waals surface area contributed by atoms with Gasteiger partial charge >= 0.3 is 5.97 Å². The van der Waals surface area contributed by atoms with Gasteiger partial charge in [-0.2, -0.15) is 0 Å². The fourth-order valence-electron chi connectivity index (χ4n) is 2.84. The monoisotopic (exact) mass is 274 g/mol. The minimum Gasteiger partial charge on any atom is -0.481 e. The van der Waals surface area contributed by atoms with E-state index in [4.69, 9.17) is 5.11 Å². The molecular weight excluding hydrogens is 256 g/mol. The van der Waals surface area contributed by atoms with Crippen LogP contribution in [0.25, 0.3) is 0 Å². The largest absolute Gasteiger partial charge is 0.481 e. The number of carboxylic acids is 1. The van der Waals surface area contributed by atoms with E-state index in [0.29, 0.717) is 13.0 Å². The molecule has 1 aromatic rings. The third-order valence-electron chi connectivity index (χ3n) is 4.12. The van der Waals surface area contributed by atoms with Gasteiger partial charge in [0.25, 0.3) is 0 Å². The summed E-state index contributed by atoms with van der Waals surface area (Å²) in [6.45, 7) is 2.23. The average molecular weight is 274 g/mol. The molecular formula is C15H18N2O3. The van der Waals surface area contributed by atoms with Crippen LogP contribution in [0.2, 0.25) is 0 Å². The summed E-state index contributed by atoms with van der Waals surface area (Å²) < 4.78 is 0. The van der Waals surface area contributed by atoms with Crippen molar-refractivity contribution in [3.8, 4) is 0 Å². The number of anilines is 1. The van der Waals surface area contributed by atoms with E-state index in [1.165, 1.54) is 0 Å². The first-order chi connectivity index (χ1) is 9.58. The molecule has 1 amide bonds. The highest BCUT2D eigenvalue weighted by molar-refractivity contribution is 6.00. The third-order valence-corrected chi connectivity index (χ3v) is 4.12. The molecule has 0 unspecified atom stereocenters. The summed E-state index contributed by atoms with van der Waals surface area (Å²) in [5.41, 5.74) is 2.05. The van der Waals surface area contributed by atoms with Gasteiger partial charge in [-0.25, -0.2) is 0 Å². The Kier molecular flexibility index (Phi) is 3.22. The maximum Gasteiger partial charge on any atom is 0.307 e. The summed E-state index contributed by atoms with van der Waals surface area (Å²) in [5.74, 6) is -1.73. The average Bonchev–Trinajstić information content (AvgIpc) is 3.21. The molecule has 5 heteroatoms. The lowest BCUT2D eigenvalue weighted by Gasteiger charge is -2.22. The number of likely N-dealkylation sites (N-methyl/N-ethyl adjacent to an activating group) is 1. The van der Waals surface area contributed by atoms with E-state index in [1.807, 2.05) is 31.3 Å². The second-order valence-corrected chi connectivity index (χ2v) is 5.64. The maximum atomic E-state index is 12.5. The first-order valence-corrected chi connectivity index (χ1v) is 6.88. The molecule has 1 fully saturated rings. The molecule has 0 spiro atoms. The van der Waals surface area contributed by atoms with Gasteiger partial charge in [0.2, 0.25) is 5.91 Å². The van der Waals surface area contributed by atoms with Gasteiger partial charge in [-0.05, 0) is 25.1 Å². The van der Waals surface area contributed by atoms with Crippen LogP contribution in [0.3, 0.4) is 0 Å². The molecule has 5 nitrogen and oxygen atoms in total. The van der Waals surface area contributed by atoms with Crippen molar-refractivity contribution in [3.05, 3.63) is 29.8 Å². The van der Waals surface area contributed by atoms with Gasteiger partial charge in [0.15, 0.2) is 0 Å². The standard InChI is InChI=1S/C15H18N2O3/c1-16-6-7-17(13-5-3-2-4-10(13)9-16)14(18)11-8-12(11)15(19)20/h2-5,11-12H,6-9H2,1H3,(H,19,20)/t11-,12-/m1/s1. The zero-order chi connectivity index (χ0) is 14.3. The smallest absolute Gasteiger partial charge is 0.307 e. The summed E-state index contributed by atoms with van der Waals surface area (Å²) in [7, 11) is 2.03. The number of para-hydroxylation sites is 1. The predicted molar refractivity (Wildman–Crippen MR) is 74.4 cm³/mol. The van der Waals surface area contributed by atoms with Gasteiger partial charge in [-0.3, -0.25) is 9.59 Å². The Hall–Kier alpha value is -1.88. The van der Waals surface area contributed by atoms with Crippen LogP contribution < -0.4 is 4.90 Å². The Morgan fingerprint density at radius 2 is 1.95 bits per heavy atom. The summed E-state index contributed by atoms with van der Waals surface area (Å²) >= 11 is 0. The second kappa shape index (κ2) is 4.90. The number of nitrogens with zero attached hydrogens (tertiary/aromatic N) is 2. The second-order valence-electron chi connectivity index (χ2n) is 5.64. The number of benzene rings is 1. The molecule has 20 heavy (non-hydrogen) atoms. The molecule has 0 saturated heterocycles. The van der Waals surface area contributed by atoms with E-state index in [2.05, 4.69) is 4.90 Å². The van der Waals surface area contributed by atoms with Gasteiger partial charge < -0.3 is 14.9 Å². The lowest BCUT2D eigenvalue weighted by molar-refractivity contribution is -0.140. The Bertz CT molecular complexity index is 558. The normalized spacial score (nSPS) is 25.8. The topological polar surface area (TPSA) is 60.9 Å². The minimum absolute atomic E-state index is 0.0415. The number of carboxylic acid groups (broad SMARTS) is 1. The van der Waals surface area contributed by atoms with Crippen molar-refractivity contribution < 1.29 is 14.7 Å². The SMILES string of the molecule is CN1CCN(C(=O)[C@@H]2C[C@H]2C(=O)O)c2ccccc2C1. The Morgan fingerprint density at radius 1 is 1.20 bits per heavy atom. The number of carbonyl (C=O) groups excluding carboxylic acids is 1. The first kappa shape index (κ1) is 13.1. The Morgan fingerprint density at radius 3 is 2.65 bits per heavy atom. The highest BCUT2D eigenvalue weighted by Crippen LogP contribution is 2.41. The van der Waals surface area contributed by atoms with Crippen molar-refractivity contribution >= 4 is 17.6 Å². The van der Waals surface area contributed by atoms with Crippen LogP contribution in [-0.2, 0) is 16.1 Å². The van der Waals surface area contributed by atoms with Gasteiger partial charge in [0.1, 0.15) is 0 Å². The van der Waals surface area contributed by atoms with E-state index in [0.717, 1.165) is 24.3 Å². The minimum atomic E-state index is -0.858. The molecule has 1 aliphatic heterocycles. The number of hydrogen-bond acceptors (Lipinski definition) is 3. The van der Waals surface area contributed by atoms with Gasteiger partial charge in [0.05, 0.1) is 11.8 Å². The molecule has 1 heterocycles. The molecule has 1 aromatic carbocycles. The van der Waals surface area contributed by atoms with Crippen molar-refractivity contribution in [1.82, 2.24) is 4.90 Å². The lowest BCUT2D eigenvalue weighted by Crippen LogP contribution is -2.36. The number of aliphatic carboxylic acids is 1. The van der Waals surface area contributed by atoms with Crippen LogP contribution >= 0.6 is 0 Å². The highest BCUT2D eigenvalue weighted by atomic mass is 16.4. The van der Waals surface area contributed by atoms with Crippen molar-refractivity contribution in [2.45, 2.75) is 13.0 Å². The summed E-state index contributed by atoms with van der Waals surface area (Å²) in [4.78, 5) is 27.4. The van der Waals surface area contributed by atoms with Crippen molar-refractivity contribution in [1.29, 1.82) is 0 Å². The van der Waals surface area contributed by atoms with Crippen molar-refractivity contribution in [2.24, 2.45) is 11.8 Å². The Labute approximate surface area is 117 Å². The van der Waals surface area contributed by atoms with Gasteiger partial charge in [-0.15, -0.1) is 0 Å². The zero-order valence-electron chi connectivity index (χ0n) is 11.5. The van der Waals surface area contributed by atoms with Crippen LogP contribution in [-0.4, -0.2) is 42.0 Å². The van der Waals surface area contributed by atoms with Crippen LogP contribution in [0.15, 0.2) is 24.3 Å². The van der Waals surface area contributed by atoms with E-state index < -0.39 is 11.9 Å². The maximum absolute atomic E-state index is 12.5. The van der Waals surface area contributed by atoms with Crippen LogP contribution in [0, 0.1) is 11.8 Å². The Balaban J connectivity index is 1.86. The molecule has 2 aliphatic rings. The lowest BCUT2D eigenvalue weighted by atomic mass is 10.1. The van der Waals surface area contributed by atoms with E-state index in [9.17, 15) is 9.59 Å². The summed E-state index contributed by atoms with van der Waals surface area (Å²) in [6, 6.07) is 7.87. The van der Waals surface area contributed by atoms with Crippen LogP contribution in [0.1, 0.15) is 12.0 Å². The van der Waals surface area contributed by atoms with E-state index >= 15 is 0 Å². The third kappa shape index (κ3) is 2.29. The molecule has 0 radical (unpaired) electrons. The van der Waals surface area contributed by atoms with Crippen molar-refractivity contribution in [2.75, 3.05) is 25.0 Å². The molecule has 2 atom stereocenters. The highest BCUT2D eigenvalue weighted by Gasteiger charge is 2.50. The number of rotatable bonds is 2. The molecule has 0 bridgehead atoms. The quantitative estimate of drug-likeness (QED) is 0.880. The number of carbonyl (C=O) groups is 2. The number of fused-ring (bicyclic) bond motifs is 1. The summed E-state index contributed by atoms with van der Waals surface area (Å²) in [5, 5.41) is 8.98. The van der Waals surface area contributed by atoms with Gasteiger partial charge in [0, 0.05) is 25.3 Å². The van der Waals surface area contributed by atoms with E-state index in [1.54, 1.807) is 4.90 Å². The van der Waals surface area contributed by atoms with Gasteiger partial charge in [-0.1, -0.05) is 18.2 Å². The van der Waals surface area contributed by atoms with Crippen LogP contribution in [0.5, 0.6) is 0 Å². The fourth-order valence-corrected chi connectivity index (χ4v) is 2.84. The number of amides is 1. The molecule has 1 saturated carbocycles. The predicted octanol–water partition coefficient (Wildman–Crippen LogP) is 1.19. The van der Waals surface area contributed by atoms with Crippen LogP contribution in [0.4, 0.5) is 5.69 Å². The zero-order valence-corrected chi connectivity index (χ0v) is 11.5. The molecule has 106 valence electrons. The van der Waals surface area contributed by atoms with E-state index in [-0.39, 0.29) is 11.8 Å². The molecule has 1 aliphatic carbocycles. The fraction of sp³-hybridized carbons (Fsp3) is 0.467. The molecule has 1 N–H and O–H groups in total. The van der Waals surface area contributed by atoms with Crippen molar-refractivity contribution in [3.63, 3.8) is 0 Å². The molecule has 0 aromatic heterocycles. The number of hydrogen-bond donors (Lipinski definition) is 1. The summed E-state index contributed by atoms with van der Waals surface area (Å²) in [6.07, 6.45) is 0.475. The first-order valence-electron chi connectivity index (χ1n) is 6.88.